The van der Waals surface area contributed by atoms with Gasteiger partial charge in [0, 0.05) is 9.99 Å². The van der Waals surface area contributed by atoms with Crippen LogP contribution in [0.2, 0.25) is 0 Å². The van der Waals surface area contributed by atoms with Crippen LogP contribution in [0.25, 0.3) is 0 Å². The van der Waals surface area contributed by atoms with Crippen LogP contribution in [0.4, 0.5) is 10.5 Å². The van der Waals surface area contributed by atoms with Crippen LogP contribution >= 0.6 is 22.6 Å². The van der Waals surface area contributed by atoms with Gasteiger partial charge in [-0.1, -0.05) is 12.1 Å². The summed E-state index contributed by atoms with van der Waals surface area (Å²) in [6.07, 6.45) is 4.97. The minimum absolute atomic E-state index is 0.0609. The Balaban J connectivity index is 2.64. The maximum atomic E-state index is 11.6. The lowest BCUT2D eigenvalue weighted by molar-refractivity contribution is -0.139. The van der Waals surface area contributed by atoms with E-state index >= 15 is 0 Å². The normalized spacial score (nSPS) is 11.1. The lowest BCUT2D eigenvalue weighted by Gasteiger charge is -2.13. The summed E-state index contributed by atoms with van der Waals surface area (Å²) in [4.78, 5) is 22.4. The third-order valence-corrected chi connectivity index (χ3v) is 2.99. The Kier molecular flexibility index (Phi) is 5.45. The van der Waals surface area contributed by atoms with Crippen LogP contribution in [0.3, 0.4) is 0 Å². The fourth-order valence-electron chi connectivity index (χ4n) is 1.20. The molecule has 18 heavy (non-hydrogen) atoms. The number of urea groups is 1. The van der Waals surface area contributed by atoms with Gasteiger partial charge in [0.15, 0.2) is 0 Å². The van der Waals surface area contributed by atoms with Gasteiger partial charge in [0.2, 0.25) is 0 Å². The van der Waals surface area contributed by atoms with Crippen LogP contribution in [0.15, 0.2) is 24.3 Å². The summed E-state index contributed by atoms with van der Waals surface area (Å²) in [6.45, 7) is 0. The highest BCUT2D eigenvalue weighted by Crippen LogP contribution is 2.16. The van der Waals surface area contributed by atoms with E-state index in [0.717, 1.165) is 3.57 Å². The van der Waals surface area contributed by atoms with Crippen LogP contribution in [0.5, 0.6) is 0 Å². The monoisotopic (exact) mass is 358 g/mol. The Bertz CT molecular complexity index is 496. The summed E-state index contributed by atoms with van der Waals surface area (Å²) in [6, 6.07) is 5.47. The Morgan fingerprint density at radius 2 is 2.11 bits per heavy atom. The predicted molar refractivity (Wildman–Crippen MR) is 76.2 cm³/mol. The summed E-state index contributed by atoms with van der Waals surface area (Å²) in [5, 5.41) is 13.7. The van der Waals surface area contributed by atoms with Crippen LogP contribution in [0.1, 0.15) is 6.42 Å². The Morgan fingerprint density at radius 3 is 2.67 bits per heavy atom. The van der Waals surface area contributed by atoms with Crippen molar-refractivity contribution in [3.8, 4) is 12.3 Å². The van der Waals surface area contributed by atoms with Crippen molar-refractivity contribution < 1.29 is 14.7 Å². The second kappa shape index (κ2) is 6.86. The van der Waals surface area contributed by atoms with Crippen molar-refractivity contribution in [2.75, 3.05) is 5.32 Å². The van der Waals surface area contributed by atoms with E-state index in [1.165, 1.54) is 0 Å². The van der Waals surface area contributed by atoms with Crippen LogP contribution < -0.4 is 10.6 Å². The van der Waals surface area contributed by atoms with Crippen molar-refractivity contribution in [2.24, 2.45) is 0 Å². The van der Waals surface area contributed by atoms with Gasteiger partial charge in [0.1, 0.15) is 6.04 Å². The molecule has 0 bridgehead atoms. The third-order valence-electron chi connectivity index (χ3n) is 2.05. The number of benzene rings is 1. The molecule has 1 rings (SSSR count). The van der Waals surface area contributed by atoms with E-state index in [2.05, 4.69) is 39.1 Å². The number of aliphatic carboxylic acids is 1. The van der Waals surface area contributed by atoms with E-state index < -0.39 is 18.0 Å². The van der Waals surface area contributed by atoms with E-state index in [4.69, 9.17) is 11.5 Å². The molecule has 1 aromatic rings. The number of hydrogen-bond acceptors (Lipinski definition) is 2. The number of para-hydroxylation sites is 1. The number of amides is 2. The number of terminal acetylenes is 1. The van der Waals surface area contributed by atoms with Crippen LogP contribution in [-0.4, -0.2) is 23.1 Å². The van der Waals surface area contributed by atoms with E-state index in [1.54, 1.807) is 12.1 Å². The summed E-state index contributed by atoms with van der Waals surface area (Å²) in [5.74, 6) is 1.04. The predicted octanol–water partition coefficient (Wildman–Crippen LogP) is 1.89. The van der Waals surface area contributed by atoms with Gasteiger partial charge in [-0.2, -0.15) is 0 Å². The highest BCUT2D eigenvalue weighted by Gasteiger charge is 2.18. The SMILES string of the molecule is C#CCC(NC(=O)Nc1ccccc1I)C(=O)O. The van der Waals surface area contributed by atoms with Crippen molar-refractivity contribution in [3.05, 3.63) is 27.8 Å². The largest absolute Gasteiger partial charge is 0.480 e. The molecule has 0 spiro atoms. The lowest BCUT2D eigenvalue weighted by Crippen LogP contribution is -2.42. The van der Waals surface area contributed by atoms with Crippen LogP contribution in [0, 0.1) is 15.9 Å². The van der Waals surface area contributed by atoms with Gasteiger partial charge in [-0.3, -0.25) is 0 Å². The number of hydrogen-bond donors (Lipinski definition) is 3. The molecule has 2 amide bonds. The zero-order valence-corrected chi connectivity index (χ0v) is 11.5. The molecule has 1 aromatic carbocycles. The highest BCUT2D eigenvalue weighted by molar-refractivity contribution is 14.1. The fourth-order valence-corrected chi connectivity index (χ4v) is 1.72. The molecule has 0 aromatic heterocycles. The van der Waals surface area contributed by atoms with Crippen molar-refractivity contribution >= 4 is 40.3 Å². The number of carbonyl (C=O) groups is 2. The quantitative estimate of drug-likeness (QED) is 0.568. The molecular formula is C12H11IN2O3. The number of anilines is 1. The maximum Gasteiger partial charge on any atom is 0.327 e. The van der Waals surface area contributed by atoms with Crippen molar-refractivity contribution in [2.45, 2.75) is 12.5 Å². The van der Waals surface area contributed by atoms with Gasteiger partial charge in [0.05, 0.1) is 5.69 Å². The summed E-state index contributed by atoms with van der Waals surface area (Å²) >= 11 is 2.07. The summed E-state index contributed by atoms with van der Waals surface area (Å²) in [5.41, 5.74) is 0.612. The number of nitrogens with one attached hydrogen (secondary N) is 2. The second-order valence-corrected chi connectivity index (χ2v) is 4.54. The molecule has 0 radical (unpaired) electrons. The number of carboxylic acid groups (broad SMARTS) is 1. The molecule has 3 N–H and O–H groups in total. The molecule has 0 aliphatic heterocycles. The van der Waals surface area contributed by atoms with Crippen molar-refractivity contribution in [3.63, 3.8) is 0 Å². The molecule has 0 heterocycles. The number of halogens is 1. The first-order valence-corrected chi connectivity index (χ1v) is 6.10. The smallest absolute Gasteiger partial charge is 0.327 e. The molecule has 1 unspecified atom stereocenters. The van der Waals surface area contributed by atoms with E-state index in [0.29, 0.717) is 5.69 Å². The molecule has 0 fully saturated rings. The molecule has 0 aliphatic carbocycles. The van der Waals surface area contributed by atoms with Gasteiger partial charge in [-0.25, -0.2) is 9.59 Å². The lowest BCUT2D eigenvalue weighted by atomic mass is 10.2. The average molecular weight is 358 g/mol. The minimum atomic E-state index is -1.16. The van der Waals surface area contributed by atoms with Crippen LogP contribution in [-0.2, 0) is 4.79 Å². The zero-order chi connectivity index (χ0) is 13.5. The molecule has 0 saturated heterocycles. The van der Waals surface area contributed by atoms with Gasteiger partial charge in [0.25, 0.3) is 0 Å². The molecule has 5 nitrogen and oxygen atoms in total. The second-order valence-electron chi connectivity index (χ2n) is 3.38. The standard InChI is InChI=1S/C12H11IN2O3/c1-2-5-10(11(16)17)15-12(18)14-9-7-4-3-6-8(9)13/h1,3-4,6-7,10H,5H2,(H,16,17)(H2,14,15,18). The van der Waals surface area contributed by atoms with Crippen molar-refractivity contribution in [1.29, 1.82) is 0 Å². The zero-order valence-electron chi connectivity index (χ0n) is 9.31. The number of carbonyl (C=O) groups excluding carboxylic acids is 1. The van der Waals surface area contributed by atoms with Gasteiger partial charge < -0.3 is 15.7 Å². The Labute approximate surface area is 118 Å². The molecule has 0 aliphatic rings. The summed E-state index contributed by atoms with van der Waals surface area (Å²) in [7, 11) is 0. The fraction of sp³-hybridized carbons (Fsp3) is 0.167. The van der Waals surface area contributed by atoms with E-state index in [9.17, 15) is 9.59 Å². The number of rotatable bonds is 4. The molecule has 1 atom stereocenters. The van der Waals surface area contributed by atoms with E-state index in [1.807, 2.05) is 12.1 Å². The molecule has 6 heteroatoms. The summed E-state index contributed by atoms with van der Waals surface area (Å²) < 4.78 is 0.856. The first-order valence-electron chi connectivity index (χ1n) is 5.03. The molecule has 0 saturated carbocycles. The number of carboxylic acids is 1. The minimum Gasteiger partial charge on any atom is -0.480 e. The third kappa shape index (κ3) is 4.25. The molecule has 94 valence electrons. The van der Waals surface area contributed by atoms with E-state index in [-0.39, 0.29) is 6.42 Å². The first kappa shape index (κ1) is 14.3. The highest BCUT2D eigenvalue weighted by atomic mass is 127. The Hall–Kier alpha value is -1.75. The maximum absolute atomic E-state index is 11.6. The Morgan fingerprint density at radius 1 is 1.44 bits per heavy atom. The van der Waals surface area contributed by atoms with Crippen molar-refractivity contribution in [1.82, 2.24) is 5.32 Å². The first-order chi connectivity index (χ1) is 8.54. The van der Waals surface area contributed by atoms with Gasteiger partial charge in [-0.05, 0) is 34.7 Å². The van der Waals surface area contributed by atoms with Gasteiger partial charge in [-0.15, -0.1) is 12.3 Å². The average Bonchev–Trinajstić information content (AvgIpc) is 2.31. The topological polar surface area (TPSA) is 78.4 Å². The van der Waals surface area contributed by atoms with Gasteiger partial charge >= 0.3 is 12.0 Å². The molecular weight excluding hydrogens is 347 g/mol.